The van der Waals surface area contributed by atoms with Crippen LogP contribution in [0.15, 0.2) is 30.3 Å². The fraction of sp³-hybridized carbons (Fsp3) is 0.250. The third-order valence-corrected chi connectivity index (χ3v) is 3.64. The Hall–Kier alpha value is -1.47. The van der Waals surface area contributed by atoms with Gasteiger partial charge in [-0.3, -0.25) is 0 Å². The van der Waals surface area contributed by atoms with Gasteiger partial charge in [0.1, 0.15) is 5.75 Å². The molecule has 0 aliphatic heterocycles. The van der Waals surface area contributed by atoms with E-state index in [2.05, 4.69) is 6.92 Å². The second-order valence-corrected chi connectivity index (χ2v) is 5.20. The molecule has 0 unspecified atom stereocenters. The van der Waals surface area contributed by atoms with Gasteiger partial charge in [0.2, 0.25) is 0 Å². The molecule has 0 bridgehead atoms. The fourth-order valence-corrected chi connectivity index (χ4v) is 2.42. The molecule has 2 rings (SSSR count). The Balaban J connectivity index is 2.40. The predicted octanol–water partition coefficient (Wildman–Crippen LogP) is 4.56. The Morgan fingerprint density at radius 1 is 1.00 bits per heavy atom. The summed E-state index contributed by atoms with van der Waals surface area (Å²) in [5, 5.41) is 10.8. The first kappa shape index (κ1) is 13.0. The molecular formula is C16H17ClO. The first-order chi connectivity index (χ1) is 8.49. The van der Waals surface area contributed by atoms with Gasteiger partial charge in [0.05, 0.1) is 0 Å². The maximum atomic E-state index is 10.0. The SMILES string of the molecule is Cc1cc(C)c(Cc2ccc(Cl)cc2)c(C)c1O. The Morgan fingerprint density at radius 3 is 2.22 bits per heavy atom. The quantitative estimate of drug-likeness (QED) is 0.839. The van der Waals surface area contributed by atoms with Crippen molar-refractivity contribution in [1.29, 1.82) is 0 Å². The summed E-state index contributed by atoms with van der Waals surface area (Å²) in [4.78, 5) is 0. The summed E-state index contributed by atoms with van der Waals surface area (Å²) >= 11 is 5.88. The van der Waals surface area contributed by atoms with Crippen LogP contribution in [-0.2, 0) is 6.42 Å². The average Bonchev–Trinajstić information content (AvgIpc) is 2.34. The van der Waals surface area contributed by atoms with E-state index in [1.54, 1.807) is 0 Å². The highest BCUT2D eigenvalue weighted by atomic mass is 35.5. The maximum Gasteiger partial charge on any atom is 0.121 e. The molecule has 0 aromatic heterocycles. The lowest BCUT2D eigenvalue weighted by molar-refractivity contribution is 0.466. The normalized spacial score (nSPS) is 10.7. The van der Waals surface area contributed by atoms with E-state index in [0.29, 0.717) is 5.75 Å². The number of aromatic hydroxyl groups is 1. The number of rotatable bonds is 2. The van der Waals surface area contributed by atoms with Crippen molar-refractivity contribution in [1.82, 2.24) is 0 Å². The highest BCUT2D eigenvalue weighted by Crippen LogP contribution is 2.29. The van der Waals surface area contributed by atoms with Gasteiger partial charge in [-0.2, -0.15) is 0 Å². The zero-order valence-electron chi connectivity index (χ0n) is 10.9. The van der Waals surface area contributed by atoms with E-state index in [9.17, 15) is 5.11 Å². The highest BCUT2D eigenvalue weighted by molar-refractivity contribution is 6.30. The second kappa shape index (κ2) is 5.03. The number of halogens is 1. The van der Waals surface area contributed by atoms with Crippen LogP contribution in [-0.4, -0.2) is 5.11 Å². The zero-order valence-corrected chi connectivity index (χ0v) is 11.7. The lowest BCUT2D eigenvalue weighted by atomic mass is 9.93. The molecule has 0 aliphatic carbocycles. The molecule has 1 N–H and O–H groups in total. The first-order valence-electron chi connectivity index (χ1n) is 6.02. The third kappa shape index (κ3) is 2.51. The molecule has 0 aliphatic rings. The predicted molar refractivity (Wildman–Crippen MR) is 76.6 cm³/mol. The summed E-state index contributed by atoms with van der Waals surface area (Å²) in [6.07, 6.45) is 0.822. The van der Waals surface area contributed by atoms with Crippen LogP contribution in [0, 0.1) is 20.8 Å². The molecule has 2 aromatic rings. The number of benzene rings is 2. The van der Waals surface area contributed by atoms with Gasteiger partial charge >= 0.3 is 0 Å². The van der Waals surface area contributed by atoms with E-state index >= 15 is 0 Å². The molecule has 2 aromatic carbocycles. The Labute approximate surface area is 113 Å². The Bertz CT molecular complexity index is 571. The molecule has 0 saturated carbocycles. The second-order valence-electron chi connectivity index (χ2n) is 4.77. The third-order valence-electron chi connectivity index (χ3n) is 3.38. The lowest BCUT2D eigenvalue weighted by Gasteiger charge is -2.14. The number of hydrogen-bond acceptors (Lipinski definition) is 1. The zero-order chi connectivity index (χ0) is 13.3. The van der Waals surface area contributed by atoms with Crippen LogP contribution in [0.25, 0.3) is 0 Å². The number of phenolic OH excluding ortho intramolecular Hbond substituents is 1. The van der Waals surface area contributed by atoms with Gasteiger partial charge in [0.25, 0.3) is 0 Å². The van der Waals surface area contributed by atoms with Crippen molar-refractivity contribution in [3.8, 4) is 5.75 Å². The van der Waals surface area contributed by atoms with Gasteiger partial charge in [0, 0.05) is 5.02 Å². The Morgan fingerprint density at radius 2 is 1.61 bits per heavy atom. The van der Waals surface area contributed by atoms with Gasteiger partial charge in [-0.05, 0) is 67.1 Å². The Kier molecular flexibility index (Phi) is 3.63. The molecule has 0 fully saturated rings. The molecule has 94 valence electrons. The van der Waals surface area contributed by atoms with Crippen LogP contribution in [0.4, 0.5) is 0 Å². The summed E-state index contributed by atoms with van der Waals surface area (Å²) in [6.45, 7) is 5.99. The number of aryl methyl sites for hydroxylation is 2. The van der Waals surface area contributed by atoms with E-state index in [1.807, 2.05) is 44.2 Å². The lowest BCUT2D eigenvalue weighted by Crippen LogP contribution is -1.97. The van der Waals surface area contributed by atoms with Crippen LogP contribution in [0.3, 0.4) is 0 Å². The molecule has 18 heavy (non-hydrogen) atoms. The van der Waals surface area contributed by atoms with Gasteiger partial charge in [-0.1, -0.05) is 29.8 Å². The molecule has 0 spiro atoms. The van der Waals surface area contributed by atoms with Gasteiger partial charge < -0.3 is 5.11 Å². The molecule has 0 radical (unpaired) electrons. The number of hydrogen-bond donors (Lipinski definition) is 1. The van der Waals surface area contributed by atoms with Crippen molar-refractivity contribution in [2.45, 2.75) is 27.2 Å². The summed E-state index contributed by atoms with van der Waals surface area (Å²) in [7, 11) is 0. The molecule has 0 amide bonds. The minimum atomic E-state index is 0.407. The van der Waals surface area contributed by atoms with E-state index in [-0.39, 0.29) is 0 Å². The van der Waals surface area contributed by atoms with Crippen molar-refractivity contribution < 1.29 is 5.11 Å². The van der Waals surface area contributed by atoms with Crippen molar-refractivity contribution in [2.24, 2.45) is 0 Å². The monoisotopic (exact) mass is 260 g/mol. The van der Waals surface area contributed by atoms with Crippen LogP contribution in [0.2, 0.25) is 5.02 Å². The standard InChI is InChI=1S/C16H17ClO/c1-10-8-11(2)16(18)12(3)15(10)9-13-4-6-14(17)7-5-13/h4-8,18H,9H2,1-3H3. The topological polar surface area (TPSA) is 20.2 Å². The van der Waals surface area contributed by atoms with Crippen molar-refractivity contribution >= 4 is 11.6 Å². The summed E-state index contributed by atoms with van der Waals surface area (Å²) < 4.78 is 0. The van der Waals surface area contributed by atoms with Crippen LogP contribution < -0.4 is 0 Å². The largest absolute Gasteiger partial charge is 0.507 e. The molecule has 2 heteroatoms. The van der Waals surface area contributed by atoms with Gasteiger partial charge in [0.15, 0.2) is 0 Å². The van der Waals surface area contributed by atoms with E-state index in [4.69, 9.17) is 11.6 Å². The molecule has 0 heterocycles. The summed E-state index contributed by atoms with van der Waals surface area (Å²) in [5.41, 5.74) is 5.53. The van der Waals surface area contributed by atoms with Gasteiger partial charge in [-0.15, -0.1) is 0 Å². The van der Waals surface area contributed by atoms with E-state index in [1.165, 1.54) is 16.7 Å². The van der Waals surface area contributed by atoms with Crippen LogP contribution in [0.5, 0.6) is 5.75 Å². The molecule has 1 nitrogen and oxygen atoms in total. The molecule has 0 atom stereocenters. The van der Waals surface area contributed by atoms with Crippen molar-refractivity contribution in [2.75, 3.05) is 0 Å². The minimum Gasteiger partial charge on any atom is -0.507 e. The molecule has 0 saturated heterocycles. The van der Waals surface area contributed by atoms with Crippen molar-refractivity contribution in [3.05, 3.63) is 63.2 Å². The van der Waals surface area contributed by atoms with Gasteiger partial charge in [-0.25, -0.2) is 0 Å². The molecular weight excluding hydrogens is 244 g/mol. The summed E-state index contributed by atoms with van der Waals surface area (Å²) in [6, 6.07) is 9.88. The summed E-state index contributed by atoms with van der Waals surface area (Å²) in [5.74, 6) is 0.407. The van der Waals surface area contributed by atoms with Crippen molar-refractivity contribution in [3.63, 3.8) is 0 Å². The van der Waals surface area contributed by atoms with Crippen LogP contribution in [0.1, 0.15) is 27.8 Å². The maximum absolute atomic E-state index is 10.0. The smallest absolute Gasteiger partial charge is 0.121 e. The fourth-order valence-electron chi connectivity index (χ4n) is 2.29. The first-order valence-corrected chi connectivity index (χ1v) is 6.40. The van der Waals surface area contributed by atoms with E-state index in [0.717, 1.165) is 22.6 Å². The average molecular weight is 261 g/mol. The number of phenols is 1. The highest BCUT2D eigenvalue weighted by Gasteiger charge is 2.10. The van der Waals surface area contributed by atoms with Crippen LogP contribution >= 0.6 is 11.6 Å². The van der Waals surface area contributed by atoms with E-state index < -0.39 is 0 Å². The minimum absolute atomic E-state index is 0.407.